The van der Waals surface area contributed by atoms with Gasteiger partial charge in [-0.15, -0.1) is 11.6 Å². The molecule has 1 rings (SSSR count). The average Bonchev–Trinajstić information content (AvgIpc) is 2.15. The Morgan fingerprint density at radius 2 is 2.29 bits per heavy atom. The molecule has 0 unspecified atom stereocenters. The second-order valence-corrected chi connectivity index (χ2v) is 2.87. The molecule has 0 spiro atoms. The fraction of sp³-hybridized carbons (Fsp3) is 0.100. The molecule has 0 amide bonds. The van der Waals surface area contributed by atoms with Crippen LogP contribution in [-0.2, 0) is 0 Å². The summed E-state index contributed by atoms with van der Waals surface area (Å²) in [6.07, 6.45) is 2.86. The lowest BCUT2D eigenvalue weighted by Gasteiger charge is -2.01. The summed E-state index contributed by atoms with van der Waals surface area (Å²) in [4.78, 5) is 10.7. The molecule has 0 heterocycles. The van der Waals surface area contributed by atoms with Gasteiger partial charge in [-0.1, -0.05) is 18.2 Å². The fourth-order valence-electron chi connectivity index (χ4n) is 1.06. The first-order chi connectivity index (χ1) is 6.66. The summed E-state index contributed by atoms with van der Waals surface area (Å²) in [6.45, 7) is 0. The van der Waals surface area contributed by atoms with Gasteiger partial charge in [-0.25, -0.2) is 9.18 Å². The monoisotopic (exact) mass is 214 g/mol. The Balaban J connectivity index is 3.22. The second-order valence-electron chi connectivity index (χ2n) is 2.56. The summed E-state index contributed by atoms with van der Waals surface area (Å²) < 4.78 is 13.2. The number of carboxylic acid groups (broad SMARTS) is 1. The highest BCUT2D eigenvalue weighted by Crippen LogP contribution is 2.15. The number of aromatic carboxylic acids is 1. The van der Waals surface area contributed by atoms with E-state index in [2.05, 4.69) is 0 Å². The van der Waals surface area contributed by atoms with E-state index in [0.29, 0.717) is 0 Å². The van der Waals surface area contributed by atoms with Gasteiger partial charge in [0.25, 0.3) is 0 Å². The molecule has 0 radical (unpaired) electrons. The van der Waals surface area contributed by atoms with Crippen LogP contribution >= 0.6 is 11.6 Å². The molecule has 14 heavy (non-hydrogen) atoms. The number of alkyl halides is 1. The van der Waals surface area contributed by atoms with Gasteiger partial charge in [0, 0.05) is 11.4 Å². The largest absolute Gasteiger partial charge is 0.478 e. The Morgan fingerprint density at radius 3 is 2.86 bits per heavy atom. The molecule has 1 N–H and O–H groups in total. The van der Waals surface area contributed by atoms with Crippen LogP contribution in [0.3, 0.4) is 0 Å². The third-order valence-corrected chi connectivity index (χ3v) is 1.84. The van der Waals surface area contributed by atoms with Crippen LogP contribution in [0.25, 0.3) is 6.08 Å². The normalized spacial score (nSPS) is 10.7. The van der Waals surface area contributed by atoms with E-state index in [-0.39, 0.29) is 17.0 Å². The van der Waals surface area contributed by atoms with Gasteiger partial charge >= 0.3 is 5.97 Å². The Morgan fingerprint density at radius 1 is 1.57 bits per heavy atom. The molecule has 2 nitrogen and oxygen atoms in total. The number of allylic oxidation sites excluding steroid dienone is 1. The van der Waals surface area contributed by atoms with Crippen LogP contribution in [-0.4, -0.2) is 17.0 Å². The summed E-state index contributed by atoms with van der Waals surface area (Å²) >= 11 is 5.38. The molecule has 0 aliphatic rings. The molecule has 74 valence electrons. The zero-order chi connectivity index (χ0) is 10.6. The number of halogens is 2. The highest BCUT2D eigenvalue weighted by Gasteiger charge is 2.10. The number of hydrogen-bond acceptors (Lipinski definition) is 1. The van der Waals surface area contributed by atoms with Crippen LogP contribution < -0.4 is 0 Å². The molecular formula is C10H8ClFO2. The second kappa shape index (κ2) is 4.77. The maximum Gasteiger partial charge on any atom is 0.336 e. The van der Waals surface area contributed by atoms with Gasteiger partial charge in [-0.05, 0) is 12.1 Å². The first-order valence-electron chi connectivity index (χ1n) is 3.91. The van der Waals surface area contributed by atoms with Gasteiger partial charge in [0.2, 0.25) is 0 Å². The Kier molecular flexibility index (Phi) is 3.65. The molecule has 1 aromatic rings. The zero-order valence-corrected chi connectivity index (χ0v) is 7.96. The van der Waals surface area contributed by atoms with E-state index in [4.69, 9.17) is 16.7 Å². The first-order valence-corrected chi connectivity index (χ1v) is 4.44. The Bertz CT molecular complexity index is 374. The van der Waals surface area contributed by atoms with Crippen LogP contribution in [0.2, 0.25) is 0 Å². The maximum atomic E-state index is 13.2. The molecular weight excluding hydrogens is 207 g/mol. The summed E-state index contributed by atoms with van der Waals surface area (Å²) in [7, 11) is 0. The molecule has 0 aromatic heterocycles. The molecule has 0 aliphatic heterocycles. The van der Waals surface area contributed by atoms with Crippen LogP contribution in [0.5, 0.6) is 0 Å². The minimum Gasteiger partial charge on any atom is -0.478 e. The predicted octanol–water partition coefficient (Wildman–Crippen LogP) is 2.78. The van der Waals surface area contributed by atoms with Crippen LogP contribution in [0.15, 0.2) is 24.3 Å². The highest BCUT2D eigenvalue weighted by atomic mass is 35.5. The van der Waals surface area contributed by atoms with Crippen molar-refractivity contribution in [3.05, 3.63) is 41.2 Å². The lowest BCUT2D eigenvalue weighted by Crippen LogP contribution is -2.01. The molecule has 1 aromatic carbocycles. The summed E-state index contributed by atoms with van der Waals surface area (Å²) in [5, 5.41) is 8.76. The lowest BCUT2D eigenvalue weighted by molar-refractivity contribution is 0.0696. The van der Waals surface area contributed by atoms with Crippen molar-refractivity contribution in [1.29, 1.82) is 0 Å². The summed E-state index contributed by atoms with van der Waals surface area (Å²) in [6, 6.07) is 3.91. The van der Waals surface area contributed by atoms with E-state index in [1.807, 2.05) is 0 Å². The van der Waals surface area contributed by atoms with Gasteiger partial charge in [0.05, 0.1) is 5.56 Å². The molecule has 0 bridgehead atoms. The van der Waals surface area contributed by atoms with Crippen molar-refractivity contribution in [3.8, 4) is 0 Å². The van der Waals surface area contributed by atoms with Crippen molar-refractivity contribution >= 4 is 23.6 Å². The van der Waals surface area contributed by atoms with Crippen molar-refractivity contribution in [1.82, 2.24) is 0 Å². The van der Waals surface area contributed by atoms with Crippen molar-refractivity contribution in [2.24, 2.45) is 0 Å². The lowest BCUT2D eigenvalue weighted by atomic mass is 10.1. The summed E-state index contributed by atoms with van der Waals surface area (Å²) in [5.74, 6) is -1.50. The van der Waals surface area contributed by atoms with E-state index in [1.165, 1.54) is 30.4 Å². The zero-order valence-electron chi connectivity index (χ0n) is 7.21. The van der Waals surface area contributed by atoms with E-state index in [9.17, 15) is 9.18 Å². The van der Waals surface area contributed by atoms with E-state index in [0.717, 1.165) is 0 Å². The third-order valence-electron chi connectivity index (χ3n) is 1.66. The van der Waals surface area contributed by atoms with E-state index >= 15 is 0 Å². The topological polar surface area (TPSA) is 37.3 Å². The van der Waals surface area contributed by atoms with E-state index < -0.39 is 11.8 Å². The first kappa shape index (κ1) is 10.7. The third kappa shape index (κ3) is 2.33. The van der Waals surface area contributed by atoms with Crippen LogP contribution in [0.1, 0.15) is 15.9 Å². The SMILES string of the molecule is O=C(O)c1cccc(F)c1C=CCCl. The minimum absolute atomic E-state index is 0.0562. The Labute approximate surface area is 85.6 Å². The van der Waals surface area contributed by atoms with Gasteiger partial charge in [-0.3, -0.25) is 0 Å². The van der Waals surface area contributed by atoms with Gasteiger partial charge in [0.1, 0.15) is 5.82 Å². The van der Waals surface area contributed by atoms with E-state index in [1.54, 1.807) is 0 Å². The quantitative estimate of drug-likeness (QED) is 0.786. The molecule has 0 atom stereocenters. The number of carbonyl (C=O) groups is 1. The van der Waals surface area contributed by atoms with Crippen molar-refractivity contribution < 1.29 is 14.3 Å². The summed E-state index contributed by atoms with van der Waals surface area (Å²) in [5.41, 5.74) is -0.00739. The molecule has 0 saturated carbocycles. The highest BCUT2D eigenvalue weighted by molar-refractivity contribution is 6.19. The van der Waals surface area contributed by atoms with Crippen molar-refractivity contribution in [2.45, 2.75) is 0 Å². The number of rotatable bonds is 3. The molecule has 4 heteroatoms. The van der Waals surface area contributed by atoms with Gasteiger partial charge in [0.15, 0.2) is 0 Å². The maximum absolute atomic E-state index is 13.2. The van der Waals surface area contributed by atoms with Crippen molar-refractivity contribution in [2.75, 3.05) is 5.88 Å². The predicted molar refractivity (Wildman–Crippen MR) is 53.1 cm³/mol. The average molecular weight is 215 g/mol. The Hall–Kier alpha value is -1.35. The smallest absolute Gasteiger partial charge is 0.336 e. The molecule has 0 aliphatic carbocycles. The number of hydrogen-bond donors (Lipinski definition) is 1. The van der Waals surface area contributed by atoms with Crippen LogP contribution in [0.4, 0.5) is 4.39 Å². The van der Waals surface area contributed by atoms with Crippen LogP contribution in [0, 0.1) is 5.82 Å². The number of benzene rings is 1. The standard InChI is InChI=1S/C10H8ClFO2/c11-6-2-4-7-8(10(13)14)3-1-5-9(7)12/h1-5H,6H2,(H,13,14). The number of carboxylic acids is 1. The molecule has 0 fully saturated rings. The minimum atomic E-state index is -1.15. The van der Waals surface area contributed by atoms with Gasteiger partial charge < -0.3 is 5.11 Å². The van der Waals surface area contributed by atoms with Crippen molar-refractivity contribution in [3.63, 3.8) is 0 Å². The molecule has 0 saturated heterocycles. The fourth-order valence-corrected chi connectivity index (χ4v) is 1.14. The van der Waals surface area contributed by atoms with Gasteiger partial charge in [-0.2, -0.15) is 0 Å².